The van der Waals surface area contributed by atoms with Gasteiger partial charge in [-0.15, -0.1) is 0 Å². The van der Waals surface area contributed by atoms with E-state index in [0.29, 0.717) is 28.0 Å². The molecule has 1 fully saturated rings. The van der Waals surface area contributed by atoms with Gasteiger partial charge in [-0.2, -0.15) is 0 Å². The molecule has 0 amide bonds. The van der Waals surface area contributed by atoms with Crippen LogP contribution in [0.15, 0.2) is 35.4 Å². The molecule has 1 aliphatic heterocycles. The number of nitrogens with zero attached hydrogens (tertiary/aromatic N) is 2. The third-order valence-electron chi connectivity index (χ3n) is 5.89. The average molecular weight is 435 g/mol. The Labute approximate surface area is 183 Å². The Hall–Kier alpha value is -3.52. The predicted molar refractivity (Wildman–Crippen MR) is 119 cm³/mol. The maximum atomic E-state index is 15.4. The number of anilines is 1. The molecule has 3 aromatic rings. The molecule has 1 unspecified atom stereocenters. The minimum absolute atomic E-state index is 0.0805. The molecule has 0 spiro atoms. The Morgan fingerprint density at radius 1 is 1.38 bits per heavy atom. The number of aryl methyl sites for hydroxylation is 1. The van der Waals surface area contributed by atoms with Crippen molar-refractivity contribution < 1.29 is 19.0 Å². The van der Waals surface area contributed by atoms with Crippen LogP contribution in [0.3, 0.4) is 0 Å². The van der Waals surface area contributed by atoms with Gasteiger partial charge in [0.2, 0.25) is 5.43 Å². The summed E-state index contributed by atoms with van der Waals surface area (Å²) in [6, 6.07) is 3.15. The number of rotatable bonds is 4. The third-order valence-corrected chi connectivity index (χ3v) is 5.89. The van der Waals surface area contributed by atoms with Crippen LogP contribution >= 0.6 is 0 Å². The monoisotopic (exact) mass is 435 g/mol. The van der Waals surface area contributed by atoms with E-state index in [9.17, 15) is 14.7 Å². The smallest absolute Gasteiger partial charge is 0.343 e. The van der Waals surface area contributed by atoms with E-state index in [1.165, 1.54) is 6.07 Å². The molecular weight excluding hydrogens is 413 g/mol. The van der Waals surface area contributed by atoms with Crippen molar-refractivity contribution in [2.24, 2.45) is 0 Å². The van der Waals surface area contributed by atoms with Crippen molar-refractivity contribution in [3.8, 4) is 11.1 Å². The summed E-state index contributed by atoms with van der Waals surface area (Å²) in [6.45, 7) is 3.60. The van der Waals surface area contributed by atoms with Gasteiger partial charge in [0, 0.05) is 40.5 Å². The first-order chi connectivity index (χ1) is 15.4. The van der Waals surface area contributed by atoms with Gasteiger partial charge in [0.25, 0.3) is 0 Å². The third kappa shape index (κ3) is 3.27. The number of pyridine rings is 2. The number of fused-ring (bicyclic) bond motifs is 2. The van der Waals surface area contributed by atoms with Gasteiger partial charge < -0.3 is 19.7 Å². The second-order valence-corrected chi connectivity index (χ2v) is 8.10. The Morgan fingerprint density at radius 3 is 2.88 bits per heavy atom. The highest BCUT2D eigenvalue weighted by Crippen LogP contribution is 2.40. The van der Waals surface area contributed by atoms with Crippen LogP contribution in [0.2, 0.25) is 0 Å². The number of benzene rings is 1. The lowest BCUT2D eigenvalue weighted by Gasteiger charge is -2.20. The van der Waals surface area contributed by atoms with Crippen LogP contribution < -0.4 is 10.7 Å². The molecule has 1 aliphatic carbocycles. The van der Waals surface area contributed by atoms with Gasteiger partial charge in [-0.25, -0.2) is 14.2 Å². The normalized spacial score (nSPS) is 17.2. The minimum atomic E-state index is -0.818. The Kier molecular flexibility index (Phi) is 4.82. The Bertz CT molecular complexity index is 1360. The van der Waals surface area contributed by atoms with Crippen molar-refractivity contribution in [1.82, 2.24) is 9.55 Å². The van der Waals surface area contributed by atoms with Gasteiger partial charge in [0.1, 0.15) is 23.4 Å². The van der Waals surface area contributed by atoms with Crippen LogP contribution in [0.25, 0.3) is 28.1 Å². The predicted octanol–water partition coefficient (Wildman–Crippen LogP) is 3.78. The van der Waals surface area contributed by atoms with Crippen LogP contribution in [0.1, 0.15) is 47.3 Å². The summed E-state index contributed by atoms with van der Waals surface area (Å²) in [5.74, 6) is -0.752. The fourth-order valence-electron chi connectivity index (χ4n) is 4.28. The van der Waals surface area contributed by atoms with Crippen LogP contribution in [-0.4, -0.2) is 33.5 Å². The zero-order valence-electron chi connectivity index (χ0n) is 17.7. The summed E-state index contributed by atoms with van der Waals surface area (Å²) in [6.07, 6.45) is 7.43. The Morgan fingerprint density at radius 2 is 2.16 bits per heavy atom. The molecule has 1 atom stereocenters. The topological polar surface area (TPSA) is 93.5 Å². The molecule has 0 bridgehead atoms. The highest BCUT2D eigenvalue weighted by atomic mass is 19.1. The molecule has 5 rings (SSSR count). The van der Waals surface area contributed by atoms with E-state index in [0.717, 1.165) is 18.4 Å². The molecule has 0 saturated heterocycles. The number of ether oxygens (including phenoxy) is 1. The van der Waals surface area contributed by atoms with Crippen molar-refractivity contribution >= 4 is 28.8 Å². The lowest BCUT2D eigenvalue weighted by molar-refractivity contribution is 0.0524. The summed E-state index contributed by atoms with van der Waals surface area (Å²) >= 11 is 0. The molecule has 8 heteroatoms. The van der Waals surface area contributed by atoms with E-state index >= 15 is 4.39 Å². The summed E-state index contributed by atoms with van der Waals surface area (Å²) in [7, 11) is 0. The standard InChI is InChI=1S/C24H22FN3O4/c1-3-32-24(31)17-11-28(15-5-6-15)21-12(2)20(18(25)9-16(21)22(17)30)14-8-13-4-7-19(29)27-23(13)26-10-14/h4,7-11,15,19,29H,3,5-6H2,1-2H3,(H,26,27). The summed E-state index contributed by atoms with van der Waals surface area (Å²) in [5.41, 5.74) is 2.25. The molecule has 2 aliphatic rings. The quantitative estimate of drug-likeness (QED) is 0.606. The largest absolute Gasteiger partial charge is 0.462 e. The molecule has 1 saturated carbocycles. The highest BCUT2D eigenvalue weighted by molar-refractivity contribution is 5.96. The molecule has 0 radical (unpaired) electrons. The van der Waals surface area contributed by atoms with E-state index in [4.69, 9.17) is 4.74 Å². The number of nitrogens with one attached hydrogen (secondary N) is 1. The van der Waals surface area contributed by atoms with E-state index in [1.807, 2.05) is 4.57 Å². The van der Waals surface area contributed by atoms with E-state index in [2.05, 4.69) is 10.3 Å². The fourth-order valence-corrected chi connectivity index (χ4v) is 4.28. The van der Waals surface area contributed by atoms with Crippen LogP contribution in [0.5, 0.6) is 0 Å². The number of aromatic nitrogens is 2. The lowest BCUT2D eigenvalue weighted by Crippen LogP contribution is -2.21. The average Bonchev–Trinajstić information content (AvgIpc) is 3.60. The number of halogens is 1. The number of aliphatic hydroxyl groups excluding tert-OH is 1. The van der Waals surface area contributed by atoms with Gasteiger partial charge >= 0.3 is 5.97 Å². The van der Waals surface area contributed by atoms with E-state index in [-0.39, 0.29) is 23.6 Å². The first-order valence-corrected chi connectivity index (χ1v) is 10.6. The maximum Gasteiger partial charge on any atom is 0.343 e. The molecule has 3 heterocycles. The van der Waals surface area contributed by atoms with Gasteiger partial charge in [0.15, 0.2) is 0 Å². The summed E-state index contributed by atoms with van der Waals surface area (Å²) in [4.78, 5) is 29.8. The second kappa shape index (κ2) is 7.56. The first-order valence-electron chi connectivity index (χ1n) is 10.6. The van der Waals surface area contributed by atoms with Gasteiger partial charge in [-0.05, 0) is 50.5 Å². The van der Waals surface area contributed by atoms with Crippen molar-refractivity contribution in [2.75, 3.05) is 11.9 Å². The van der Waals surface area contributed by atoms with Crippen LogP contribution in [0, 0.1) is 12.7 Å². The number of carbonyl (C=O) groups is 1. The number of aliphatic hydroxyl groups is 1. The van der Waals surface area contributed by atoms with Gasteiger partial charge in [0.05, 0.1) is 12.1 Å². The SMILES string of the molecule is CCOC(=O)c1cn(C2CC2)c2c(C)c(-c3cnc4c(c3)C=CC(O)N4)c(F)cc2c1=O. The van der Waals surface area contributed by atoms with Gasteiger partial charge in [-0.1, -0.05) is 6.08 Å². The van der Waals surface area contributed by atoms with Crippen LogP contribution in [0.4, 0.5) is 10.2 Å². The molecule has 1 aromatic carbocycles. The molecule has 2 N–H and O–H groups in total. The Balaban J connectivity index is 1.75. The first kappa shape index (κ1) is 20.4. The molecular formula is C24H22FN3O4. The molecule has 2 aromatic heterocycles. The van der Waals surface area contributed by atoms with E-state index in [1.54, 1.807) is 44.5 Å². The highest BCUT2D eigenvalue weighted by Gasteiger charge is 2.29. The van der Waals surface area contributed by atoms with Crippen molar-refractivity contribution in [3.05, 3.63) is 63.3 Å². The lowest BCUT2D eigenvalue weighted by atomic mass is 9.95. The number of hydrogen-bond donors (Lipinski definition) is 2. The van der Waals surface area contributed by atoms with Crippen molar-refractivity contribution in [2.45, 2.75) is 39.0 Å². The number of hydrogen-bond acceptors (Lipinski definition) is 6. The fraction of sp³-hybridized carbons (Fsp3) is 0.292. The molecule has 32 heavy (non-hydrogen) atoms. The second-order valence-electron chi connectivity index (χ2n) is 8.10. The van der Waals surface area contributed by atoms with Crippen LogP contribution in [-0.2, 0) is 4.74 Å². The number of carbonyl (C=O) groups excluding carboxylic acids is 1. The van der Waals surface area contributed by atoms with Crippen molar-refractivity contribution in [3.63, 3.8) is 0 Å². The molecule has 164 valence electrons. The minimum Gasteiger partial charge on any atom is -0.462 e. The van der Waals surface area contributed by atoms with Crippen molar-refractivity contribution in [1.29, 1.82) is 0 Å². The zero-order chi connectivity index (χ0) is 22.6. The molecule has 7 nitrogen and oxygen atoms in total. The summed E-state index contributed by atoms with van der Waals surface area (Å²) in [5, 5.41) is 12.7. The maximum absolute atomic E-state index is 15.4. The zero-order valence-corrected chi connectivity index (χ0v) is 17.7. The van der Waals surface area contributed by atoms with E-state index < -0.39 is 23.4 Å². The number of esters is 1. The summed E-state index contributed by atoms with van der Waals surface area (Å²) < 4.78 is 22.4. The van der Waals surface area contributed by atoms with Gasteiger partial charge in [-0.3, -0.25) is 4.79 Å².